The third-order valence-electron chi connectivity index (χ3n) is 3.34. The molecule has 0 saturated carbocycles. The fraction of sp³-hybridized carbons (Fsp3) is 0.714. The number of carbonyl (C=O) groups is 4. The normalized spacial score (nSPS) is 14.5. The number of nitrogens with one attached hydrogen (secondary N) is 2. The van der Waals surface area contributed by atoms with Crippen LogP contribution in [0.1, 0.15) is 33.1 Å². The van der Waals surface area contributed by atoms with Crippen molar-refractivity contribution in [3.05, 3.63) is 0 Å². The molecule has 138 valence electrons. The van der Waals surface area contributed by atoms with E-state index in [9.17, 15) is 29.4 Å². The van der Waals surface area contributed by atoms with E-state index < -0.39 is 41.9 Å². The molecule has 0 aliphatic heterocycles. The molecule has 0 saturated heterocycles. The van der Waals surface area contributed by atoms with Crippen molar-refractivity contribution in [1.82, 2.24) is 10.6 Å². The van der Waals surface area contributed by atoms with E-state index in [4.69, 9.17) is 0 Å². The Morgan fingerprint density at radius 3 is 2.08 bits per heavy atom. The third kappa shape index (κ3) is 8.16. The lowest BCUT2D eigenvalue weighted by Gasteiger charge is -2.26. The highest BCUT2D eigenvalue weighted by Gasteiger charge is 2.24. The number of hydrogen-bond acceptors (Lipinski definition) is 7. The number of hydrogen-bond donors (Lipinski definition) is 4. The molecule has 0 bridgehead atoms. The second kappa shape index (κ2) is 10.9. The van der Waals surface area contributed by atoms with Crippen LogP contribution in [0.25, 0.3) is 0 Å². The van der Waals surface area contributed by atoms with Gasteiger partial charge in [-0.1, -0.05) is 13.8 Å². The highest BCUT2D eigenvalue weighted by molar-refractivity contribution is 7.80. The van der Waals surface area contributed by atoms with Gasteiger partial charge in [0.15, 0.2) is 0 Å². The highest BCUT2D eigenvalue weighted by Crippen LogP contribution is 2.03. The molecule has 0 aliphatic carbocycles. The summed E-state index contributed by atoms with van der Waals surface area (Å²) in [5.41, 5.74) is 3.37. The van der Waals surface area contributed by atoms with E-state index in [1.54, 1.807) is 13.8 Å². The van der Waals surface area contributed by atoms with Gasteiger partial charge in [-0.3, -0.25) is 9.59 Å². The van der Waals surface area contributed by atoms with Crippen molar-refractivity contribution in [2.75, 3.05) is 5.75 Å². The second-order valence-electron chi connectivity index (χ2n) is 5.76. The molecule has 2 amide bonds. The van der Waals surface area contributed by atoms with Gasteiger partial charge < -0.3 is 36.2 Å². The van der Waals surface area contributed by atoms with Crippen LogP contribution in [0, 0.1) is 5.92 Å². The molecule has 10 heteroatoms. The number of carbonyl (C=O) groups excluding carboxylic acids is 4. The number of amides is 2. The minimum atomic E-state index is -1.41. The molecule has 0 radical (unpaired) electrons. The van der Waals surface area contributed by atoms with E-state index in [0.29, 0.717) is 0 Å². The predicted octanol–water partition coefficient (Wildman–Crippen LogP) is -4.18. The first-order valence-electron chi connectivity index (χ1n) is 7.55. The van der Waals surface area contributed by atoms with Crippen molar-refractivity contribution < 1.29 is 35.1 Å². The SMILES string of the molecule is CC(C)[C@@H](NC(=O)[C@H](CS)NC(=O)CCC[C@H]([NH3+])C(=O)[O-])C(=O)[O-]. The average molecular weight is 362 g/mol. The Morgan fingerprint density at radius 1 is 1.08 bits per heavy atom. The summed E-state index contributed by atoms with van der Waals surface area (Å²) in [4.78, 5) is 45.3. The second-order valence-corrected chi connectivity index (χ2v) is 6.13. The van der Waals surface area contributed by atoms with Crippen LogP contribution in [0.2, 0.25) is 0 Å². The van der Waals surface area contributed by atoms with Crippen LogP contribution >= 0.6 is 12.6 Å². The van der Waals surface area contributed by atoms with E-state index in [2.05, 4.69) is 29.0 Å². The molecule has 9 nitrogen and oxygen atoms in total. The molecule has 0 unspecified atom stereocenters. The largest absolute Gasteiger partial charge is 0.548 e. The Balaban J connectivity index is 4.47. The van der Waals surface area contributed by atoms with E-state index in [1.807, 2.05) is 0 Å². The van der Waals surface area contributed by atoms with E-state index in [0.717, 1.165) is 0 Å². The topological polar surface area (TPSA) is 166 Å². The van der Waals surface area contributed by atoms with Gasteiger partial charge in [0.1, 0.15) is 12.1 Å². The molecule has 0 spiro atoms. The van der Waals surface area contributed by atoms with Gasteiger partial charge in [0.05, 0.1) is 18.0 Å². The highest BCUT2D eigenvalue weighted by atomic mass is 32.1. The van der Waals surface area contributed by atoms with Crippen molar-refractivity contribution in [2.24, 2.45) is 5.92 Å². The van der Waals surface area contributed by atoms with Crippen LogP contribution in [0.3, 0.4) is 0 Å². The first-order chi connectivity index (χ1) is 11.1. The summed E-state index contributed by atoms with van der Waals surface area (Å²) in [5, 5.41) is 26.2. The van der Waals surface area contributed by atoms with Crippen LogP contribution in [0.4, 0.5) is 0 Å². The number of quaternary nitrogens is 1. The molecule has 0 aromatic heterocycles. The Labute approximate surface area is 145 Å². The van der Waals surface area contributed by atoms with Crippen LogP contribution in [0.5, 0.6) is 0 Å². The Bertz CT molecular complexity index is 471. The Hall–Kier alpha value is -1.81. The van der Waals surface area contributed by atoms with Crippen LogP contribution < -0.4 is 26.6 Å². The monoisotopic (exact) mass is 362 g/mol. The third-order valence-corrected chi connectivity index (χ3v) is 3.71. The maximum absolute atomic E-state index is 12.0. The molecule has 24 heavy (non-hydrogen) atoms. The maximum atomic E-state index is 12.0. The lowest BCUT2D eigenvalue weighted by atomic mass is 10.0. The summed E-state index contributed by atoms with van der Waals surface area (Å²) >= 11 is 3.97. The molecular weight excluding hydrogens is 338 g/mol. The molecule has 0 aromatic rings. The van der Waals surface area contributed by atoms with Crippen molar-refractivity contribution in [3.63, 3.8) is 0 Å². The molecular formula is C14H24N3O6S-. The fourth-order valence-corrected chi connectivity index (χ4v) is 2.10. The Kier molecular flexibility index (Phi) is 10.0. The summed E-state index contributed by atoms with van der Waals surface area (Å²) in [6.07, 6.45) is 0.446. The standard InChI is InChI=1S/C14H25N3O6S/c1-7(2)11(14(22)23)17-12(19)9(6-24)16-10(18)5-3-4-8(15)13(20)21/h7-9,11,24H,3-6,15H2,1-2H3,(H,16,18)(H,17,19)(H,20,21)(H,22,23)/p-1/t8-,9-,11+/m0/s1. The van der Waals surface area contributed by atoms with Gasteiger partial charge in [-0.2, -0.15) is 12.6 Å². The number of carboxylic acid groups (broad SMARTS) is 2. The van der Waals surface area contributed by atoms with E-state index in [-0.39, 0.29) is 30.9 Å². The summed E-state index contributed by atoms with van der Waals surface area (Å²) < 4.78 is 0. The number of carboxylic acids is 2. The summed E-state index contributed by atoms with van der Waals surface area (Å²) in [7, 11) is 0. The summed E-state index contributed by atoms with van der Waals surface area (Å²) in [6.45, 7) is 3.23. The van der Waals surface area contributed by atoms with Gasteiger partial charge in [0.2, 0.25) is 11.8 Å². The number of rotatable bonds is 11. The van der Waals surface area contributed by atoms with Gasteiger partial charge in [-0.15, -0.1) is 0 Å². The molecule has 0 aliphatic rings. The van der Waals surface area contributed by atoms with E-state index in [1.165, 1.54) is 0 Å². The minimum Gasteiger partial charge on any atom is -0.548 e. The van der Waals surface area contributed by atoms with Crippen molar-refractivity contribution in [1.29, 1.82) is 0 Å². The predicted molar refractivity (Wildman–Crippen MR) is 83.1 cm³/mol. The first kappa shape index (κ1) is 22.2. The van der Waals surface area contributed by atoms with Gasteiger partial charge in [-0.05, 0) is 12.3 Å². The smallest absolute Gasteiger partial charge is 0.243 e. The van der Waals surface area contributed by atoms with Crippen molar-refractivity contribution in [3.8, 4) is 0 Å². The lowest BCUT2D eigenvalue weighted by Crippen LogP contribution is -2.68. The molecule has 5 N–H and O–H groups in total. The zero-order valence-corrected chi connectivity index (χ0v) is 14.6. The van der Waals surface area contributed by atoms with Crippen molar-refractivity contribution in [2.45, 2.75) is 51.2 Å². The van der Waals surface area contributed by atoms with Gasteiger partial charge in [-0.25, -0.2) is 0 Å². The quantitative estimate of drug-likeness (QED) is 0.272. The van der Waals surface area contributed by atoms with E-state index >= 15 is 0 Å². The molecule has 0 rings (SSSR count). The minimum absolute atomic E-state index is 0.00491. The zero-order valence-electron chi connectivity index (χ0n) is 13.7. The molecule has 0 heterocycles. The fourth-order valence-electron chi connectivity index (χ4n) is 1.84. The average Bonchev–Trinajstić information content (AvgIpc) is 2.48. The summed E-state index contributed by atoms with van der Waals surface area (Å²) in [5.74, 6) is -4.24. The van der Waals surface area contributed by atoms with Gasteiger partial charge in [0, 0.05) is 18.6 Å². The maximum Gasteiger partial charge on any atom is 0.243 e. The summed E-state index contributed by atoms with van der Waals surface area (Å²) in [6, 6.07) is -3.08. The Morgan fingerprint density at radius 2 is 1.67 bits per heavy atom. The van der Waals surface area contributed by atoms with Crippen LogP contribution in [-0.4, -0.2) is 47.6 Å². The van der Waals surface area contributed by atoms with Crippen molar-refractivity contribution >= 4 is 36.4 Å². The lowest BCUT2D eigenvalue weighted by molar-refractivity contribution is -0.438. The first-order valence-corrected chi connectivity index (χ1v) is 8.18. The van der Waals surface area contributed by atoms with Crippen LogP contribution in [-0.2, 0) is 19.2 Å². The number of aliphatic carboxylic acids is 2. The number of thiol groups is 1. The molecule has 0 fully saturated rings. The van der Waals surface area contributed by atoms with Gasteiger partial charge >= 0.3 is 0 Å². The zero-order chi connectivity index (χ0) is 18.9. The van der Waals surface area contributed by atoms with Crippen LogP contribution in [0.15, 0.2) is 0 Å². The molecule has 0 aromatic carbocycles. The van der Waals surface area contributed by atoms with Gasteiger partial charge in [0.25, 0.3) is 0 Å². The molecule has 3 atom stereocenters.